The topological polar surface area (TPSA) is 67.6 Å². The van der Waals surface area contributed by atoms with Crippen molar-refractivity contribution in [1.29, 1.82) is 0 Å². The Kier molecular flexibility index (Phi) is 5.64. The molecular weight excluding hydrogens is 386 g/mol. The van der Waals surface area contributed by atoms with E-state index in [1.54, 1.807) is 0 Å². The van der Waals surface area contributed by atoms with E-state index in [2.05, 4.69) is 24.2 Å². The molecule has 6 fully saturated rings. The summed E-state index contributed by atoms with van der Waals surface area (Å²) in [7, 11) is 2.27. The number of nitrogens with two attached hydrogens (primary N) is 1. The van der Waals surface area contributed by atoms with E-state index in [9.17, 15) is 4.79 Å². The molecule has 2 saturated heterocycles. The number of hydrogen-bond acceptors (Lipinski definition) is 4. The smallest absolute Gasteiger partial charge is 0.226 e. The summed E-state index contributed by atoms with van der Waals surface area (Å²) in [5.74, 6) is 2.27. The van der Waals surface area contributed by atoms with Crippen molar-refractivity contribution >= 4 is 17.5 Å². The normalized spacial score (nSPS) is 48.3. The zero-order chi connectivity index (χ0) is 20.3. The summed E-state index contributed by atoms with van der Waals surface area (Å²) in [5.41, 5.74) is 6.28. The van der Waals surface area contributed by atoms with Gasteiger partial charge < -0.3 is 15.8 Å². The Hall–Kier alpha value is -0.360. The minimum Gasteiger partial charge on any atom is -0.374 e. The number of rotatable bonds is 5. The molecule has 2 heterocycles. The van der Waals surface area contributed by atoms with Crippen molar-refractivity contribution < 1.29 is 9.53 Å². The van der Waals surface area contributed by atoms with E-state index in [0.29, 0.717) is 30.8 Å². The summed E-state index contributed by atoms with van der Waals surface area (Å²) in [5, 5.41) is 3.27. The maximum atomic E-state index is 13.3. The van der Waals surface area contributed by atoms with Gasteiger partial charge in [-0.05, 0) is 76.7 Å². The number of amides is 1. The van der Waals surface area contributed by atoms with Gasteiger partial charge in [0.2, 0.25) is 5.91 Å². The third-order valence-corrected chi connectivity index (χ3v) is 9.72. The van der Waals surface area contributed by atoms with Gasteiger partial charge >= 0.3 is 0 Å². The highest BCUT2D eigenvalue weighted by Crippen LogP contribution is 2.56. The molecule has 0 aromatic rings. The summed E-state index contributed by atoms with van der Waals surface area (Å²) in [6.45, 7) is 2.18. The first-order chi connectivity index (χ1) is 13.9. The second-order valence-corrected chi connectivity index (χ2v) is 11.3. The summed E-state index contributed by atoms with van der Waals surface area (Å²) in [6, 6.07) is 1.64. The minimum atomic E-state index is -0.173. The molecule has 1 amide bonds. The molecule has 0 radical (unpaired) electrons. The van der Waals surface area contributed by atoms with Crippen LogP contribution >= 0.6 is 11.6 Å². The lowest BCUT2D eigenvalue weighted by atomic mass is 9.64. The summed E-state index contributed by atoms with van der Waals surface area (Å²) >= 11 is 6.51. The molecule has 6 aliphatic rings. The van der Waals surface area contributed by atoms with E-state index in [1.807, 2.05) is 0 Å². The predicted octanol–water partition coefficient (Wildman–Crippen LogP) is 2.89. The summed E-state index contributed by atoms with van der Waals surface area (Å²) in [6.07, 6.45) is 10.1. The van der Waals surface area contributed by atoms with Crippen LogP contribution in [0, 0.1) is 23.7 Å². The lowest BCUT2D eigenvalue weighted by Gasteiger charge is -2.43. The quantitative estimate of drug-likeness (QED) is 0.667. The fraction of sp³-hybridized carbons (Fsp3) is 0.957. The van der Waals surface area contributed by atoms with Crippen LogP contribution in [0.4, 0.5) is 0 Å². The molecule has 4 bridgehead atoms. The van der Waals surface area contributed by atoms with E-state index in [0.717, 1.165) is 30.7 Å². The Morgan fingerprint density at radius 3 is 2.52 bits per heavy atom. The lowest BCUT2D eigenvalue weighted by Crippen LogP contribution is -2.54. The molecule has 0 aromatic carbocycles. The third kappa shape index (κ3) is 3.64. The molecule has 10 atom stereocenters. The standard InChI is InChI=1S/C23H38ClN3O2/c1-12(13-5-3-4-6-13)29-22-11-19(25)18(24)9-17(22)23(28)26-14-7-15-16-10-21(15)27(2)20(16)8-14/h12-22H,3-11,25H2,1-2H3,(H,26,28)/t12?,14?,15?,16?,17-,18?,19?,20+,21?,22?/m1/s1. The first-order valence-corrected chi connectivity index (χ1v) is 12.4. The van der Waals surface area contributed by atoms with Gasteiger partial charge in [-0.25, -0.2) is 0 Å². The molecule has 6 heteroatoms. The molecule has 2 aliphatic heterocycles. The molecule has 0 spiro atoms. The number of alkyl halides is 1. The SMILES string of the molecule is CC(OC1CC(N)C(Cl)C[C@H]1C(=O)NC1CC2C3CC2N(C)[C@H]3C1)C1CCCC1. The average Bonchev–Trinajstić information content (AvgIpc) is 3.34. The van der Waals surface area contributed by atoms with E-state index in [4.69, 9.17) is 22.1 Å². The first-order valence-electron chi connectivity index (χ1n) is 12.0. The molecular formula is C23H38ClN3O2. The first kappa shape index (κ1) is 20.5. The number of halogens is 1. The van der Waals surface area contributed by atoms with E-state index in [1.165, 1.54) is 32.1 Å². The van der Waals surface area contributed by atoms with Crippen molar-refractivity contribution in [2.45, 2.75) is 106 Å². The van der Waals surface area contributed by atoms with Crippen LogP contribution < -0.4 is 11.1 Å². The van der Waals surface area contributed by atoms with Crippen LogP contribution in [0.5, 0.6) is 0 Å². The monoisotopic (exact) mass is 423 g/mol. The Balaban J connectivity index is 1.22. The van der Waals surface area contributed by atoms with Crippen LogP contribution in [0.2, 0.25) is 0 Å². The van der Waals surface area contributed by atoms with Crippen LogP contribution in [0.15, 0.2) is 0 Å². The number of nitrogens with one attached hydrogen (secondary N) is 1. The molecule has 3 N–H and O–H groups in total. The second-order valence-electron chi connectivity index (χ2n) is 10.7. The molecule has 8 unspecified atom stereocenters. The van der Waals surface area contributed by atoms with E-state index >= 15 is 0 Å². The minimum absolute atomic E-state index is 0.0900. The van der Waals surface area contributed by atoms with Gasteiger partial charge in [0.1, 0.15) is 0 Å². The largest absolute Gasteiger partial charge is 0.374 e. The van der Waals surface area contributed by atoms with Crippen LogP contribution in [0.3, 0.4) is 0 Å². The zero-order valence-corrected chi connectivity index (χ0v) is 18.7. The van der Waals surface area contributed by atoms with Crippen molar-refractivity contribution in [2.24, 2.45) is 29.4 Å². The van der Waals surface area contributed by atoms with Gasteiger partial charge in [-0.15, -0.1) is 11.6 Å². The van der Waals surface area contributed by atoms with Gasteiger partial charge in [-0.2, -0.15) is 0 Å². The van der Waals surface area contributed by atoms with E-state index in [-0.39, 0.29) is 35.5 Å². The zero-order valence-electron chi connectivity index (χ0n) is 17.9. The number of hydrogen-bond donors (Lipinski definition) is 2. The Morgan fingerprint density at radius 1 is 1.10 bits per heavy atom. The fourth-order valence-corrected chi connectivity index (χ4v) is 7.68. The van der Waals surface area contributed by atoms with Gasteiger partial charge in [-0.3, -0.25) is 9.69 Å². The highest BCUT2D eigenvalue weighted by Gasteiger charge is 2.59. The Morgan fingerprint density at radius 2 is 1.79 bits per heavy atom. The van der Waals surface area contributed by atoms with Crippen molar-refractivity contribution in [2.75, 3.05) is 7.05 Å². The Labute approximate surface area is 180 Å². The highest BCUT2D eigenvalue weighted by molar-refractivity contribution is 6.21. The maximum Gasteiger partial charge on any atom is 0.226 e. The number of ether oxygens (including phenoxy) is 1. The lowest BCUT2D eigenvalue weighted by molar-refractivity contribution is -0.138. The van der Waals surface area contributed by atoms with Crippen LogP contribution in [0.25, 0.3) is 0 Å². The number of carbonyl (C=O) groups excluding carboxylic acids is 1. The second kappa shape index (κ2) is 7.96. The fourth-order valence-electron chi connectivity index (χ4n) is 7.38. The summed E-state index contributed by atoms with van der Waals surface area (Å²) < 4.78 is 6.50. The molecule has 29 heavy (non-hydrogen) atoms. The van der Waals surface area contributed by atoms with Gasteiger partial charge in [0.15, 0.2) is 0 Å². The van der Waals surface area contributed by atoms with E-state index < -0.39 is 0 Å². The summed E-state index contributed by atoms with van der Waals surface area (Å²) in [4.78, 5) is 15.9. The molecule has 6 rings (SSSR count). The molecule has 0 aromatic heterocycles. The predicted molar refractivity (Wildman–Crippen MR) is 115 cm³/mol. The van der Waals surface area contributed by atoms with Gasteiger partial charge in [-0.1, -0.05) is 12.8 Å². The van der Waals surface area contributed by atoms with Gasteiger partial charge in [0.25, 0.3) is 0 Å². The average molecular weight is 424 g/mol. The maximum absolute atomic E-state index is 13.3. The highest BCUT2D eigenvalue weighted by atomic mass is 35.5. The van der Waals surface area contributed by atoms with Crippen LogP contribution in [0.1, 0.15) is 64.7 Å². The van der Waals surface area contributed by atoms with Crippen molar-refractivity contribution in [3.05, 3.63) is 0 Å². The molecule has 164 valence electrons. The van der Waals surface area contributed by atoms with Crippen molar-refractivity contribution in [1.82, 2.24) is 10.2 Å². The van der Waals surface area contributed by atoms with Crippen LogP contribution in [-0.4, -0.2) is 59.6 Å². The molecule has 4 saturated carbocycles. The van der Waals surface area contributed by atoms with Crippen LogP contribution in [-0.2, 0) is 9.53 Å². The van der Waals surface area contributed by atoms with Gasteiger partial charge in [0, 0.05) is 29.5 Å². The number of carbonyl (C=O) groups is 1. The Bertz CT molecular complexity index is 621. The van der Waals surface area contributed by atoms with Crippen molar-refractivity contribution in [3.8, 4) is 0 Å². The number of nitrogens with zero attached hydrogens (tertiary/aromatic N) is 1. The van der Waals surface area contributed by atoms with Crippen molar-refractivity contribution in [3.63, 3.8) is 0 Å². The van der Waals surface area contributed by atoms with Gasteiger partial charge in [0.05, 0.1) is 18.1 Å². The molecule has 5 nitrogen and oxygen atoms in total. The third-order valence-electron chi connectivity index (χ3n) is 9.21. The molecule has 4 aliphatic carbocycles.